The van der Waals surface area contributed by atoms with Crippen LogP contribution in [0.3, 0.4) is 0 Å². The molecule has 20 heavy (non-hydrogen) atoms. The minimum absolute atomic E-state index is 0.608. The molecule has 0 amide bonds. The highest BCUT2D eigenvalue weighted by Gasteiger charge is 2.19. The van der Waals surface area contributed by atoms with E-state index in [9.17, 15) is 8.42 Å². The lowest BCUT2D eigenvalue weighted by Gasteiger charge is -2.26. The van der Waals surface area contributed by atoms with Gasteiger partial charge in [0.2, 0.25) is 10.3 Å². The Balaban J connectivity index is 1.77. The molecule has 0 atom stereocenters. The van der Waals surface area contributed by atoms with Crippen LogP contribution in [0.1, 0.15) is 12.8 Å². The first-order chi connectivity index (χ1) is 9.74. The fourth-order valence-corrected chi connectivity index (χ4v) is 3.67. The number of thiazole rings is 1. The van der Waals surface area contributed by atoms with Crippen molar-refractivity contribution in [3.8, 4) is 11.3 Å². The monoisotopic (exact) mass is 306 g/mol. The van der Waals surface area contributed by atoms with Gasteiger partial charge < -0.3 is 4.90 Å². The first-order valence-electron chi connectivity index (χ1n) is 6.44. The molecule has 4 nitrogen and oxygen atoms in total. The van der Waals surface area contributed by atoms with Crippen LogP contribution in [0.2, 0.25) is 0 Å². The summed E-state index contributed by atoms with van der Waals surface area (Å²) in [5.41, 5.74) is 2.09. The predicted octanol–water partition coefficient (Wildman–Crippen LogP) is 2.46. The van der Waals surface area contributed by atoms with Crippen molar-refractivity contribution >= 4 is 31.6 Å². The van der Waals surface area contributed by atoms with Gasteiger partial charge in [0.1, 0.15) is 0 Å². The molecular formula is C14H14N2O2S2. The van der Waals surface area contributed by atoms with E-state index in [1.807, 2.05) is 30.3 Å². The molecule has 0 N–H and O–H groups in total. The summed E-state index contributed by atoms with van der Waals surface area (Å²) >= 11 is 1.61. The lowest BCUT2D eigenvalue weighted by atomic mass is 10.1. The molecule has 0 radical (unpaired) electrons. The van der Waals surface area contributed by atoms with Crippen LogP contribution in [-0.2, 0) is 10.3 Å². The van der Waals surface area contributed by atoms with Gasteiger partial charge in [-0.3, -0.25) is 0 Å². The highest BCUT2D eigenvalue weighted by molar-refractivity contribution is 7.73. The summed E-state index contributed by atoms with van der Waals surface area (Å²) in [7, 11) is -2.02. The van der Waals surface area contributed by atoms with E-state index in [0.717, 1.165) is 29.5 Å². The summed E-state index contributed by atoms with van der Waals surface area (Å²) in [6.07, 6.45) is 1.22. The van der Waals surface area contributed by atoms with Gasteiger partial charge in [-0.05, 0) is 0 Å². The first-order valence-corrected chi connectivity index (χ1v) is 8.39. The maximum absolute atomic E-state index is 10.9. The van der Waals surface area contributed by atoms with Crippen molar-refractivity contribution in [1.82, 2.24) is 4.98 Å². The highest BCUT2D eigenvalue weighted by atomic mass is 32.2. The maximum atomic E-state index is 10.9. The molecule has 6 heteroatoms. The molecule has 1 aromatic carbocycles. The minimum atomic E-state index is -2.02. The van der Waals surface area contributed by atoms with Crippen LogP contribution >= 0.6 is 11.3 Å². The van der Waals surface area contributed by atoms with E-state index in [0.29, 0.717) is 17.7 Å². The lowest BCUT2D eigenvalue weighted by Crippen LogP contribution is -2.34. The Morgan fingerprint density at radius 2 is 1.80 bits per heavy atom. The van der Waals surface area contributed by atoms with Gasteiger partial charge >= 0.3 is 0 Å². The van der Waals surface area contributed by atoms with E-state index >= 15 is 0 Å². The van der Waals surface area contributed by atoms with Crippen LogP contribution in [0.5, 0.6) is 0 Å². The zero-order valence-electron chi connectivity index (χ0n) is 10.8. The summed E-state index contributed by atoms with van der Waals surface area (Å²) in [5.74, 6) is 0. The fourth-order valence-electron chi connectivity index (χ4n) is 2.27. The molecule has 0 unspecified atom stereocenters. The van der Waals surface area contributed by atoms with Gasteiger partial charge in [0.15, 0.2) is 5.13 Å². The van der Waals surface area contributed by atoms with E-state index < -0.39 is 10.3 Å². The molecule has 1 aliphatic rings. The minimum Gasteiger partial charge on any atom is -0.347 e. The van der Waals surface area contributed by atoms with Gasteiger partial charge in [-0.2, -0.15) is 8.42 Å². The van der Waals surface area contributed by atoms with Crippen molar-refractivity contribution < 1.29 is 8.42 Å². The second-order valence-electron chi connectivity index (χ2n) is 4.64. The molecule has 104 valence electrons. The Hall–Kier alpha value is -1.66. The Labute approximate surface area is 123 Å². The van der Waals surface area contributed by atoms with Gasteiger partial charge in [-0.1, -0.05) is 30.3 Å². The van der Waals surface area contributed by atoms with Gasteiger partial charge in [-0.25, -0.2) is 4.98 Å². The molecule has 0 aliphatic carbocycles. The Morgan fingerprint density at radius 1 is 1.10 bits per heavy atom. The third-order valence-electron chi connectivity index (χ3n) is 3.39. The molecular weight excluding hydrogens is 292 g/mol. The SMILES string of the molecule is O=S(=O)=C1CCN(c2nc(-c3ccccc3)cs2)CC1. The maximum Gasteiger partial charge on any atom is 0.213 e. The molecule has 1 saturated heterocycles. The zero-order chi connectivity index (χ0) is 13.9. The van der Waals surface area contributed by atoms with Gasteiger partial charge in [-0.15, -0.1) is 11.3 Å². The van der Waals surface area contributed by atoms with Crippen LogP contribution in [0.4, 0.5) is 5.13 Å². The van der Waals surface area contributed by atoms with Crippen molar-refractivity contribution in [2.45, 2.75) is 12.8 Å². The fraction of sp³-hybridized carbons (Fsp3) is 0.286. The average Bonchev–Trinajstić information content (AvgIpc) is 2.98. The number of benzene rings is 1. The normalized spacial score (nSPS) is 15.4. The number of piperidine rings is 1. The number of hydrogen-bond donors (Lipinski definition) is 0. The highest BCUT2D eigenvalue weighted by Crippen LogP contribution is 2.28. The van der Waals surface area contributed by atoms with Gasteiger partial charge in [0, 0.05) is 36.9 Å². The average molecular weight is 306 g/mol. The lowest BCUT2D eigenvalue weighted by molar-refractivity contribution is 0.625. The Kier molecular flexibility index (Phi) is 3.84. The molecule has 2 aromatic rings. The van der Waals surface area contributed by atoms with Crippen LogP contribution < -0.4 is 4.90 Å². The van der Waals surface area contributed by atoms with Crippen LogP contribution in [-0.4, -0.2) is 31.4 Å². The van der Waals surface area contributed by atoms with Crippen molar-refractivity contribution in [3.05, 3.63) is 35.7 Å². The van der Waals surface area contributed by atoms with Crippen molar-refractivity contribution in [2.24, 2.45) is 0 Å². The number of anilines is 1. The first kappa shape index (κ1) is 13.3. The van der Waals surface area contributed by atoms with Crippen LogP contribution in [0.25, 0.3) is 11.3 Å². The molecule has 1 aromatic heterocycles. The largest absolute Gasteiger partial charge is 0.347 e. The number of hydrogen-bond acceptors (Lipinski definition) is 5. The summed E-state index contributed by atoms with van der Waals surface area (Å²) in [6, 6.07) is 10.1. The van der Waals surface area contributed by atoms with Crippen molar-refractivity contribution in [2.75, 3.05) is 18.0 Å². The van der Waals surface area contributed by atoms with Crippen LogP contribution in [0.15, 0.2) is 35.7 Å². The van der Waals surface area contributed by atoms with E-state index in [4.69, 9.17) is 0 Å². The van der Waals surface area contributed by atoms with E-state index in [2.05, 4.69) is 15.3 Å². The third kappa shape index (κ3) is 2.76. The Morgan fingerprint density at radius 3 is 2.45 bits per heavy atom. The summed E-state index contributed by atoms with van der Waals surface area (Å²) in [4.78, 5) is 7.44. The second-order valence-corrected chi connectivity index (χ2v) is 6.53. The van der Waals surface area contributed by atoms with E-state index in [-0.39, 0.29) is 0 Å². The Bertz CT molecular complexity index is 718. The number of nitrogens with zero attached hydrogens (tertiary/aromatic N) is 2. The van der Waals surface area contributed by atoms with Gasteiger partial charge in [0.05, 0.1) is 10.6 Å². The molecule has 1 fully saturated rings. The standard InChI is InChI=1S/C14H14N2O2S2/c17-20(18)12-6-8-16(9-7-12)14-15-13(10-19-14)11-4-2-1-3-5-11/h1-5,10H,6-9H2. The van der Waals surface area contributed by atoms with Gasteiger partial charge in [0.25, 0.3) is 0 Å². The molecule has 2 heterocycles. The number of aromatic nitrogens is 1. The van der Waals surface area contributed by atoms with Crippen LogP contribution in [0, 0.1) is 0 Å². The topological polar surface area (TPSA) is 50.3 Å². The molecule has 3 rings (SSSR count). The van der Waals surface area contributed by atoms with Crippen molar-refractivity contribution in [1.29, 1.82) is 0 Å². The molecule has 0 saturated carbocycles. The third-order valence-corrected chi connectivity index (χ3v) is 5.17. The second kappa shape index (κ2) is 5.76. The smallest absolute Gasteiger partial charge is 0.213 e. The van der Waals surface area contributed by atoms with Crippen molar-refractivity contribution in [3.63, 3.8) is 0 Å². The summed E-state index contributed by atoms with van der Waals surface area (Å²) in [5, 5.41) is 3.02. The summed E-state index contributed by atoms with van der Waals surface area (Å²) in [6.45, 7) is 1.45. The quantitative estimate of drug-likeness (QED) is 0.800. The van der Waals surface area contributed by atoms with E-state index in [1.54, 1.807) is 11.3 Å². The molecule has 0 spiro atoms. The summed E-state index contributed by atoms with van der Waals surface area (Å²) < 4.78 is 21.8. The molecule has 1 aliphatic heterocycles. The number of rotatable bonds is 2. The van der Waals surface area contributed by atoms with E-state index in [1.165, 1.54) is 0 Å². The predicted molar refractivity (Wildman–Crippen MR) is 82.9 cm³/mol. The molecule has 0 bridgehead atoms. The zero-order valence-corrected chi connectivity index (χ0v) is 12.5.